The van der Waals surface area contributed by atoms with Gasteiger partial charge in [0.05, 0.1) is 0 Å². The van der Waals surface area contributed by atoms with Crippen LogP contribution in [0.15, 0.2) is 12.7 Å². The van der Waals surface area contributed by atoms with Gasteiger partial charge >= 0.3 is 0 Å². The van der Waals surface area contributed by atoms with E-state index in [0.717, 1.165) is 12.8 Å². The van der Waals surface area contributed by atoms with Gasteiger partial charge in [-0.2, -0.15) is 0 Å². The number of hydrogen-bond donors (Lipinski definition) is 1. The summed E-state index contributed by atoms with van der Waals surface area (Å²) in [4.78, 5) is 26.1. The predicted octanol–water partition coefficient (Wildman–Crippen LogP) is 1.71. The zero-order valence-electron chi connectivity index (χ0n) is 11.6. The molecule has 2 unspecified atom stereocenters. The average Bonchev–Trinajstić information content (AvgIpc) is 2.32. The van der Waals surface area contributed by atoms with Gasteiger partial charge in [0.2, 0.25) is 11.8 Å². The topological polar surface area (TPSA) is 49.4 Å². The largest absolute Gasteiger partial charge is 0.343 e. The van der Waals surface area contributed by atoms with Crippen molar-refractivity contribution in [2.24, 2.45) is 5.92 Å². The van der Waals surface area contributed by atoms with E-state index in [2.05, 4.69) is 11.9 Å². The molecule has 4 heteroatoms. The molecule has 0 bridgehead atoms. The molecule has 1 aliphatic rings. The molecule has 0 spiro atoms. The van der Waals surface area contributed by atoms with Crippen LogP contribution in [0.1, 0.15) is 40.0 Å². The maximum Gasteiger partial charge on any atom is 0.245 e. The summed E-state index contributed by atoms with van der Waals surface area (Å²) >= 11 is 0. The summed E-state index contributed by atoms with van der Waals surface area (Å²) in [5.41, 5.74) is 0. The van der Waals surface area contributed by atoms with Crippen LogP contribution in [0.2, 0.25) is 0 Å². The molecule has 0 aromatic rings. The van der Waals surface area contributed by atoms with Crippen molar-refractivity contribution in [3.63, 3.8) is 0 Å². The van der Waals surface area contributed by atoms with Gasteiger partial charge in [-0.3, -0.25) is 9.59 Å². The van der Waals surface area contributed by atoms with Crippen molar-refractivity contribution >= 4 is 11.8 Å². The van der Waals surface area contributed by atoms with Gasteiger partial charge in [-0.25, -0.2) is 0 Å². The second-order valence-corrected chi connectivity index (χ2v) is 5.12. The first-order valence-electron chi connectivity index (χ1n) is 6.74. The highest BCUT2D eigenvalue weighted by Crippen LogP contribution is 2.19. The number of nitrogens with one attached hydrogen (secondary N) is 1. The minimum absolute atomic E-state index is 0.0185. The maximum atomic E-state index is 12.3. The van der Waals surface area contributed by atoms with Crippen molar-refractivity contribution in [2.75, 3.05) is 6.54 Å². The second kappa shape index (κ2) is 6.57. The van der Waals surface area contributed by atoms with Gasteiger partial charge in [0, 0.05) is 6.54 Å². The molecule has 1 rings (SSSR count). The Morgan fingerprint density at radius 1 is 1.44 bits per heavy atom. The third-order valence-electron chi connectivity index (χ3n) is 3.35. The molecule has 0 aromatic carbocycles. The number of unbranched alkanes of at least 4 members (excludes halogenated alkanes) is 1. The summed E-state index contributed by atoms with van der Waals surface area (Å²) in [5.74, 6) is 0.172. The number of nitrogens with zero attached hydrogens (tertiary/aromatic N) is 1. The fourth-order valence-corrected chi connectivity index (χ4v) is 2.39. The third kappa shape index (κ3) is 3.12. The Bertz CT molecular complexity index is 326. The van der Waals surface area contributed by atoms with Crippen molar-refractivity contribution in [1.82, 2.24) is 10.2 Å². The lowest BCUT2D eigenvalue weighted by Gasteiger charge is -2.40. The summed E-state index contributed by atoms with van der Waals surface area (Å²) in [6.45, 7) is 10.2. The van der Waals surface area contributed by atoms with Gasteiger partial charge < -0.3 is 10.2 Å². The van der Waals surface area contributed by atoms with Crippen LogP contribution in [-0.2, 0) is 9.59 Å². The van der Waals surface area contributed by atoms with Crippen molar-refractivity contribution in [3.8, 4) is 0 Å². The number of carbonyl (C=O) groups excluding carboxylic acids is 2. The van der Waals surface area contributed by atoms with Gasteiger partial charge in [0.15, 0.2) is 0 Å². The van der Waals surface area contributed by atoms with E-state index in [1.54, 1.807) is 4.90 Å². The molecular formula is C14H24N2O2. The summed E-state index contributed by atoms with van der Waals surface area (Å²) in [7, 11) is 0. The normalized spacial score (nSPS) is 24.3. The molecule has 18 heavy (non-hydrogen) atoms. The van der Waals surface area contributed by atoms with Crippen LogP contribution in [0.3, 0.4) is 0 Å². The Morgan fingerprint density at radius 3 is 2.61 bits per heavy atom. The van der Waals surface area contributed by atoms with Crippen molar-refractivity contribution < 1.29 is 9.59 Å². The molecular weight excluding hydrogens is 228 g/mol. The quantitative estimate of drug-likeness (QED) is 0.578. The van der Waals surface area contributed by atoms with Gasteiger partial charge in [-0.15, -0.1) is 6.58 Å². The monoisotopic (exact) mass is 252 g/mol. The molecule has 1 heterocycles. The molecule has 4 nitrogen and oxygen atoms in total. The standard InChI is InChI=1S/C14H24N2O2/c1-5-7-8-9-16-12(10(3)4)13(17)15-11(6-2)14(16)18/h5,10-12H,1,6-9H2,2-4H3,(H,15,17). The Balaban J connectivity index is 2.83. The van der Waals surface area contributed by atoms with Gasteiger partial charge in [0.1, 0.15) is 12.1 Å². The average molecular weight is 252 g/mol. The highest BCUT2D eigenvalue weighted by atomic mass is 16.2. The van der Waals surface area contributed by atoms with Crippen LogP contribution in [0.25, 0.3) is 0 Å². The summed E-state index contributed by atoms with van der Waals surface area (Å²) < 4.78 is 0. The lowest BCUT2D eigenvalue weighted by Crippen LogP contribution is -2.64. The Kier molecular flexibility index (Phi) is 5.38. The van der Waals surface area contributed by atoms with E-state index in [-0.39, 0.29) is 29.8 Å². The fourth-order valence-electron chi connectivity index (χ4n) is 2.39. The van der Waals surface area contributed by atoms with E-state index >= 15 is 0 Å². The molecule has 0 aromatic heterocycles. The molecule has 0 saturated carbocycles. The zero-order chi connectivity index (χ0) is 13.7. The molecule has 1 fully saturated rings. The minimum atomic E-state index is -0.351. The number of rotatable bonds is 6. The maximum absolute atomic E-state index is 12.3. The minimum Gasteiger partial charge on any atom is -0.343 e. The van der Waals surface area contributed by atoms with Crippen LogP contribution in [0.4, 0.5) is 0 Å². The van der Waals surface area contributed by atoms with Crippen LogP contribution < -0.4 is 5.32 Å². The smallest absolute Gasteiger partial charge is 0.245 e. The molecule has 1 aliphatic heterocycles. The Hall–Kier alpha value is -1.32. The van der Waals surface area contributed by atoms with E-state index in [1.807, 2.05) is 26.8 Å². The molecule has 102 valence electrons. The zero-order valence-corrected chi connectivity index (χ0v) is 11.6. The summed E-state index contributed by atoms with van der Waals surface area (Å²) in [5, 5.41) is 2.82. The van der Waals surface area contributed by atoms with Gasteiger partial charge in [-0.1, -0.05) is 26.8 Å². The molecule has 2 amide bonds. The first-order valence-corrected chi connectivity index (χ1v) is 6.74. The van der Waals surface area contributed by atoms with E-state index in [9.17, 15) is 9.59 Å². The van der Waals surface area contributed by atoms with Crippen LogP contribution >= 0.6 is 0 Å². The molecule has 1 N–H and O–H groups in total. The van der Waals surface area contributed by atoms with Crippen molar-refractivity contribution in [2.45, 2.75) is 52.1 Å². The molecule has 2 atom stereocenters. The SMILES string of the molecule is C=CCCCN1C(=O)C(CC)NC(=O)C1C(C)C. The number of amides is 2. The fraction of sp³-hybridized carbons (Fsp3) is 0.714. The first-order chi connectivity index (χ1) is 8.52. The van der Waals surface area contributed by atoms with Crippen LogP contribution in [-0.4, -0.2) is 35.3 Å². The summed E-state index contributed by atoms with van der Waals surface area (Å²) in [6.07, 6.45) is 4.22. The molecule has 0 radical (unpaired) electrons. The van der Waals surface area contributed by atoms with Crippen LogP contribution in [0.5, 0.6) is 0 Å². The third-order valence-corrected chi connectivity index (χ3v) is 3.35. The van der Waals surface area contributed by atoms with E-state index in [0.29, 0.717) is 13.0 Å². The number of allylic oxidation sites excluding steroid dienone is 1. The number of carbonyl (C=O) groups is 2. The summed E-state index contributed by atoms with van der Waals surface area (Å²) in [6, 6.07) is -0.679. The van der Waals surface area contributed by atoms with Crippen LogP contribution in [0, 0.1) is 5.92 Å². The number of hydrogen-bond acceptors (Lipinski definition) is 2. The van der Waals surface area contributed by atoms with E-state index in [4.69, 9.17) is 0 Å². The Labute approximate surface area is 109 Å². The second-order valence-electron chi connectivity index (χ2n) is 5.12. The van der Waals surface area contributed by atoms with E-state index in [1.165, 1.54) is 0 Å². The van der Waals surface area contributed by atoms with Gasteiger partial charge in [0.25, 0.3) is 0 Å². The highest BCUT2D eigenvalue weighted by molar-refractivity contribution is 5.97. The Morgan fingerprint density at radius 2 is 2.11 bits per heavy atom. The lowest BCUT2D eigenvalue weighted by atomic mass is 9.96. The molecule has 0 aliphatic carbocycles. The lowest BCUT2D eigenvalue weighted by molar-refractivity contribution is -0.151. The first kappa shape index (κ1) is 14.7. The molecule has 1 saturated heterocycles. The van der Waals surface area contributed by atoms with E-state index < -0.39 is 0 Å². The number of piperazine rings is 1. The van der Waals surface area contributed by atoms with Gasteiger partial charge in [-0.05, 0) is 25.2 Å². The highest BCUT2D eigenvalue weighted by Gasteiger charge is 2.40. The van der Waals surface area contributed by atoms with Crippen molar-refractivity contribution in [3.05, 3.63) is 12.7 Å². The predicted molar refractivity (Wildman–Crippen MR) is 72.0 cm³/mol. The van der Waals surface area contributed by atoms with Crippen molar-refractivity contribution in [1.29, 1.82) is 0 Å².